The van der Waals surface area contributed by atoms with Crippen LogP contribution in [0, 0.1) is 12.7 Å². The zero-order valence-corrected chi connectivity index (χ0v) is 12.5. The summed E-state index contributed by atoms with van der Waals surface area (Å²) in [6.07, 6.45) is 1.74. The second kappa shape index (κ2) is 6.27. The molecular formula is C16H18FN3O2. The first-order chi connectivity index (χ1) is 10.6. The quantitative estimate of drug-likeness (QED) is 0.871. The zero-order valence-electron chi connectivity index (χ0n) is 12.5. The highest BCUT2D eigenvalue weighted by atomic mass is 19.1. The van der Waals surface area contributed by atoms with Gasteiger partial charge in [0.25, 0.3) is 5.91 Å². The lowest BCUT2D eigenvalue weighted by molar-refractivity contribution is 0.0627. The van der Waals surface area contributed by atoms with E-state index in [0.29, 0.717) is 18.7 Å². The normalized spacial score (nSPS) is 16.0. The van der Waals surface area contributed by atoms with E-state index in [1.807, 2.05) is 6.92 Å². The fourth-order valence-corrected chi connectivity index (χ4v) is 2.62. The molecular weight excluding hydrogens is 285 g/mol. The molecule has 0 aliphatic carbocycles. The number of rotatable bonds is 3. The van der Waals surface area contributed by atoms with Crippen LogP contribution in [0.15, 0.2) is 35.0 Å². The van der Waals surface area contributed by atoms with Gasteiger partial charge in [0.15, 0.2) is 0 Å². The van der Waals surface area contributed by atoms with Gasteiger partial charge >= 0.3 is 0 Å². The molecule has 1 amide bonds. The van der Waals surface area contributed by atoms with Crippen molar-refractivity contribution in [3.05, 3.63) is 53.2 Å². The molecule has 0 unspecified atom stereocenters. The van der Waals surface area contributed by atoms with Crippen LogP contribution in [0.2, 0.25) is 0 Å². The summed E-state index contributed by atoms with van der Waals surface area (Å²) in [5.41, 5.74) is 1.48. The van der Waals surface area contributed by atoms with Gasteiger partial charge in [-0.05, 0) is 25.1 Å². The molecule has 0 radical (unpaired) electrons. The molecule has 116 valence electrons. The predicted molar refractivity (Wildman–Crippen MR) is 78.8 cm³/mol. The third-order valence-corrected chi connectivity index (χ3v) is 3.98. The summed E-state index contributed by atoms with van der Waals surface area (Å²) in [6, 6.07) is 5.84. The Morgan fingerprint density at radius 3 is 2.73 bits per heavy atom. The first kappa shape index (κ1) is 14.7. The van der Waals surface area contributed by atoms with E-state index in [0.717, 1.165) is 31.0 Å². The van der Waals surface area contributed by atoms with Gasteiger partial charge in [0.05, 0.1) is 6.20 Å². The Labute approximate surface area is 128 Å². The molecule has 1 fully saturated rings. The predicted octanol–water partition coefficient (Wildman–Crippen LogP) is 2.08. The number of aryl methyl sites for hydroxylation is 1. The second-order valence-electron chi connectivity index (χ2n) is 5.49. The molecule has 3 rings (SSSR count). The van der Waals surface area contributed by atoms with Crippen molar-refractivity contribution in [1.82, 2.24) is 15.0 Å². The lowest BCUT2D eigenvalue weighted by atomic mass is 10.1. The summed E-state index contributed by atoms with van der Waals surface area (Å²) in [4.78, 5) is 16.4. The zero-order chi connectivity index (χ0) is 15.5. The Morgan fingerprint density at radius 1 is 1.32 bits per heavy atom. The summed E-state index contributed by atoms with van der Waals surface area (Å²) < 4.78 is 18.3. The van der Waals surface area contributed by atoms with E-state index < -0.39 is 0 Å². The number of benzene rings is 1. The molecule has 1 saturated heterocycles. The maximum Gasteiger partial charge on any atom is 0.254 e. The number of halogens is 1. The van der Waals surface area contributed by atoms with Gasteiger partial charge in [-0.15, -0.1) is 0 Å². The molecule has 0 saturated carbocycles. The number of carbonyl (C=O) groups is 1. The average molecular weight is 303 g/mol. The minimum absolute atomic E-state index is 0.111. The minimum Gasteiger partial charge on any atom is -0.361 e. The molecule has 1 aliphatic heterocycles. The van der Waals surface area contributed by atoms with Gasteiger partial charge < -0.3 is 9.42 Å². The molecule has 22 heavy (non-hydrogen) atoms. The van der Waals surface area contributed by atoms with Gasteiger partial charge in [-0.1, -0.05) is 11.2 Å². The van der Waals surface area contributed by atoms with Crippen LogP contribution in [0.3, 0.4) is 0 Å². The molecule has 1 aliphatic rings. The number of hydrogen-bond donors (Lipinski definition) is 0. The van der Waals surface area contributed by atoms with Crippen molar-refractivity contribution in [2.24, 2.45) is 0 Å². The molecule has 0 bridgehead atoms. The van der Waals surface area contributed by atoms with Crippen LogP contribution >= 0.6 is 0 Å². The van der Waals surface area contributed by atoms with E-state index in [4.69, 9.17) is 4.52 Å². The summed E-state index contributed by atoms with van der Waals surface area (Å²) in [5, 5.41) is 3.78. The Hall–Kier alpha value is -2.21. The van der Waals surface area contributed by atoms with Crippen molar-refractivity contribution < 1.29 is 13.7 Å². The molecule has 1 aromatic heterocycles. The van der Waals surface area contributed by atoms with E-state index in [9.17, 15) is 9.18 Å². The number of nitrogens with zero attached hydrogens (tertiary/aromatic N) is 3. The fraction of sp³-hybridized carbons (Fsp3) is 0.375. The van der Waals surface area contributed by atoms with E-state index in [1.54, 1.807) is 23.2 Å². The number of aromatic nitrogens is 1. The first-order valence-electron chi connectivity index (χ1n) is 7.31. The van der Waals surface area contributed by atoms with Crippen LogP contribution in [0.4, 0.5) is 4.39 Å². The maximum absolute atomic E-state index is 13.2. The van der Waals surface area contributed by atoms with Crippen LogP contribution in [0.5, 0.6) is 0 Å². The first-order valence-corrected chi connectivity index (χ1v) is 7.31. The Kier molecular flexibility index (Phi) is 4.20. The molecule has 0 atom stereocenters. The average Bonchev–Trinajstić information content (AvgIpc) is 2.92. The lowest BCUT2D eigenvalue weighted by Crippen LogP contribution is -2.48. The number of hydrogen-bond acceptors (Lipinski definition) is 4. The van der Waals surface area contributed by atoms with Gasteiger partial charge in [-0.2, -0.15) is 0 Å². The van der Waals surface area contributed by atoms with Crippen LogP contribution in [0.1, 0.15) is 21.7 Å². The van der Waals surface area contributed by atoms with Crippen molar-refractivity contribution in [3.8, 4) is 0 Å². The van der Waals surface area contributed by atoms with Crippen molar-refractivity contribution in [2.45, 2.75) is 13.5 Å². The number of piperazine rings is 1. The van der Waals surface area contributed by atoms with Gasteiger partial charge in [0, 0.05) is 43.9 Å². The van der Waals surface area contributed by atoms with E-state index >= 15 is 0 Å². The largest absolute Gasteiger partial charge is 0.361 e. The van der Waals surface area contributed by atoms with Gasteiger partial charge in [0.2, 0.25) is 0 Å². The van der Waals surface area contributed by atoms with Crippen molar-refractivity contribution in [1.29, 1.82) is 0 Å². The summed E-state index contributed by atoms with van der Waals surface area (Å²) in [7, 11) is 0. The summed E-state index contributed by atoms with van der Waals surface area (Å²) >= 11 is 0. The highest BCUT2D eigenvalue weighted by Gasteiger charge is 2.23. The molecule has 0 spiro atoms. The monoisotopic (exact) mass is 303 g/mol. The fourth-order valence-electron chi connectivity index (χ4n) is 2.62. The molecule has 5 nitrogen and oxygen atoms in total. The van der Waals surface area contributed by atoms with Crippen molar-refractivity contribution >= 4 is 5.91 Å². The van der Waals surface area contributed by atoms with Gasteiger partial charge in [0.1, 0.15) is 11.6 Å². The summed E-state index contributed by atoms with van der Waals surface area (Å²) in [5.74, 6) is 0.339. The van der Waals surface area contributed by atoms with Gasteiger partial charge in [-0.3, -0.25) is 9.69 Å². The van der Waals surface area contributed by atoms with Crippen LogP contribution < -0.4 is 0 Å². The van der Waals surface area contributed by atoms with E-state index in [-0.39, 0.29) is 11.7 Å². The van der Waals surface area contributed by atoms with Crippen molar-refractivity contribution in [3.63, 3.8) is 0 Å². The molecule has 2 heterocycles. The molecule has 0 N–H and O–H groups in total. The highest BCUT2D eigenvalue weighted by Crippen LogP contribution is 2.14. The Morgan fingerprint density at radius 2 is 2.09 bits per heavy atom. The smallest absolute Gasteiger partial charge is 0.254 e. The third kappa shape index (κ3) is 3.17. The van der Waals surface area contributed by atoms with E-state index in [2.05, 4.69) is 10.1 Å². The topological polar surface area (TPSA) is 49.6 Å². The molecule has 1 aromatic carbocycles. The standard InChI is InChI=1S/C16H18FN3O2/c1-12-14(10-18-22-12)11-19-5-7-20(8-6-19)16(21)13-3-2-4-15(17)9-13/h2-4,9-10H,5-8,11H2,1H3. The Balaban J connectivity index is 1.57. The molecule has 2 aromatic rings. The minimum atomic E-state index is -0.382. The van der Waals surface area contributed by atoms with Crippen LogP contribution in [0.25, 0.3) is 0 Å². The third-order valence-electron chi connectivity index (χ3n) is 3.98. The second-order valence-corrected chi connectivity index (χ2v) is 5.49. The SMILES string of the molecule is Cc1oncc1CN1CCN(C(=O)c2cccc(F)c2)CC1. The highest BCUT2D eigenvalue weighted by molar-refractivity contribution is 5.94. The lowest BCUT2D eigenvalue weighted by Gasteiger charge is -2.34. The number of carbonyl (C=O) groups excluding carboxylic acids is 1. The van der Waals surface area contributed by atoms with Gasteiger partial charge in [-0.25, -0.2) is 4.39 Å². The van der Waals surface area contributed by atoms with Crippen LogP contribution in [-0.4, -0.2) is 47.0 Å². The molecule has 6 heteroatoms. The van der Waals surface area contributed by atoms with Crippen molar-refractivity contribution in [2.75, 3.05) is 26.2 Å². The maximum atomic E-state index is 13.2. The van der Waals surface area contributed by atoms with E-state index in [1.165, 1.54) is 12.1 Å². The van der Waals surface area contributed by atoms with Crippen LogP contribution in [-0.2, 0) is 6.54 Å². The number of amides is 1. The Bertz CT molecular complexity index is 663. The summed E-state index contributed by atoms with van der Waals surface area (Å²) in [6.45, 7) is 5.51.